The number of hydrogen-bond acceptors (Lipinski definition) is 3. The summed E-state index contributed by atoms with van der Waals surface area (Å²) >= 11 is 0. The average molecular weight is 220 g/mol. The number of nitrogens with zero attached hydrogens (tertiary/aromatic N) is 2. The second-order valence-corrected chi connectivity index (χ2v) is 5.02. The highest BCUT2D eigenvalue weighted by atomic mass is 16.2. The standard InChI is InChI=1S/C12H16N2O2/c1-9(8-13)14-10(15)6-12(7-11(14)16)4-2-3-5-12/h9H,2-7H2,1H3. The summed E-state index contributed by atoms with van der Waals surface area (Å²) in [5.41, 5.74) is -0.0696. The van der Waals surface area contributed by atoms with Crippen LogP contribution < -0.4 is 0 Å². The molecule has 2 fully saturated rings. The Bertz CT molecular complexity index is 344. The van der Waals surface area contributed by atoms with Crippen LogP contribution in [0.25, 0.3) is 0 Å². The van der Waals surface area contributed by atoms with Crippen molar-refractivity contribution in [1.29, 1.82) is 5.26 Å². The number of carbonyl (C=O) groups is 2. The van der Waals surface area contributed by atoms with Crippen molar-refractivity contribution < 1.29 is 9.59 Å². The number of amides is 2. The fourth-order valence-electron chi connectivity index (χ4n) is 2.98. The van der Waals surface area contributed by atoms with Crippen molar-refractivity contribution in [2.24, 2.45) is 5.41 Å². The van der Waals surface area contributed by atoms with Gasteiger partial charge in [-0.1, -0.05) is 12.8 Å². The van der Waals surface area contributed by atoms with Gasteiger partial charge in [-0.2, -0.15) is 5.26 Å². The molecule has 16 heavy (non-hydrogen) atoms. The molecule has 0 radical (unpaired) electrons. The summed E-state index contributed by atoms with van der Waals surface area (Å²) in [6.45, 7) is 1.60. The van der Waals surface area contributed by atoms with Gasteiger partial charge < -0.3 is 0 Å². The molecule has 1 aliphatic carbocycles. The van der Waals surface area contributed by atoms with Gasteiger partial charge in [0, 0.05) is 12.8 Å². The van der Waals surface area contributed by atoms with E-state index in [4.69, 9.17) is 5.26 Å². The van der Waals surface area contributed by atoms with Crippen LogP contribution >= 0.6 is 0 Å². The highest BCUT2D eigenvalue weighted by Gasteiger charge is 2.46. The molecule has 1 saturated heterocycles. The van der Waals surface area contributed by atoms with Gasteiger partial charge in [0.2, 0.25) is 11.8 Å². The maximum absolute atomic E-state index is 11.9. The molecule has 1 spiro atoms. The van der Waals surface area contributed by atoms with Gasteiger partial charge in [-0.15, -0.1) is 0 Å². The highest BCUT2D eigenvalue weighted by Crippen LogP contribution is 2.47. The van der Waals surface area contributed by atoms with Gasteiger partial charge in [-0.25, -0.2) is 0 Å². The van der Waals surface area contributed by atoms with Crippen molar-refractivity contribution in [2.75, 3.05) is 0 Å². The largest absolute Gasteiger partial charge is 0.274 e. The van der Waals surface area contributed by atoms with E-state index in [1.807, 2.05) is 6.07 Å². The maximum atomic E-state index is 11.9. The summed E-state index contributed by atoms with van der Waals surface area (Å²) in [4.78, 5) is 25.0. The predicted molar refractivity (Wildman–Crippen MR) is 57.1 cm³/mol. The molecule has 0 aromatic carbocycles. The van der Waals surface area contributed by atoms with E-state index in [0.29, 0.717) is 12.8 Å². The van der Waals surface area contributed by atoms with E-state index >= 15 is 0 Å². The molecular weight excluding hydrogens is 204 g/mol. The van der Waals surface area contributed by atoms with Crippen molar-refractivity contribution in [3.63, 3.8) is 0 Å². The van der Waals surface area contributed by atoms with Gasteiger partial charge in [0.15, 0.2) is 0 Å². The number of rotatable bonds is 1. The number of piperidine rings is 1. The summed E-state index contributed by atoms with van der Waals surface area (Å²) in [6, 6.07) is 1.33. The van der Waals surface area contributed by atoms with Gasteiger partial charge in [0.25, 0.3) is 0 Å². The fraction of sp³-hybridized carbons (Fsp3) is 0.750. The Labute approximate surface area is 95.2 Å². The summed E-state index contributed by atoms with van der Waals surface area (Å²) in [5.74, 6) is -0.320. The normalized spacial score (nSPS) is 25.9. The monoisotopic (exact) mass is 220 g/mol. The van der Waals surface area contributed by atoms with Gasteiger partial charge in [-0.05, 0) is 25.2 Å². The second-order valence-electron chi connectivity index (χ2n) is 5.02. The van der Waals surface area contributed by atoms with Crippen molar-refractivity contribution in [2.45, 2.75) is 51.5 Å². The number of likely N-dealkylation sites (tertiary alicyclic amines) is 1. The SMILES string of the molecule is CC(C#N)N1C(=O)CC2(CCCC2)CC1=O. The first-order chi connectivity index (χ1) is 7.58. The first-order valence-electron chi connectivity index (χ1n) is 5.82. The first kappa shape index (κ1) is 11.1. The maximum Gasteiger partial charge on any atom is 0.230 e. The minimum absolute atomic E-state index is 0.0696. The lowest BCUT2D eigenvalue weighted by Crippen LogP contribution is -2.50. The lowest BCUT2D eigenvalue weighted by Gasteiger charge is -2.38. The van der Waals surface area contributed by atoms with E-state index < -0.39 is 6.04 Å². The Morgan fingerprint density at radius 1 is 1.25 bits per heavy atom. The van der Waals surface area contributed by atoms with Crippen LogP contribution in [-0.2, 0) is 9.59 Å². The van der Waals surface area contributed by atoms with Crippen LogP contribution in [0.3, 0.4) is 0 Å². The van der Waals surface area contributed by atoms with Crippen LogP contribution in [0.1, 0.15) is 45.4 Å². The molecule has 0 N–H and O–H groups in total. The molecule has 4 heteroatoms. The minimum atomic E-state index is -0.626. The molecule has 1 aliphatic heterocycles. The average Bonchev–Trinajstić information content (AvgIpc) is 2.64. The van der Waals surface area contributed by atoms with E-state index in [1.165, 1.54) is 0 Å². The van der Waals surface area contributed by atoms with Crippen LogP contribution in [0.4, 0.5) is 0 Å². The lowest BCUT2D eigenvalue weighted by atomic mass is 9.76. The molecule has 86 valence electrons. The number of nitriles is 1. The molecule has 0 aromatic rings. The van der Waals surface area contributed by atoms with Crippen molar-refractivity contribution >= 4 is 11.8 Å². The number of hydrogen-bond donors (Lipinski definition) is 0. The molecule has 0 bridgehead atoms. The first-order valence-corrected chi connectivity index (χ1v) is 5.82. The zero-order valence-electron chi connectivity index (χ0n) is 9.53. The smallest absolute Gasteiger partial charge is 0.230 e. The topological polar surface area (TPSA) is 61.2 Å². The molecular formula is C12H16N2O2. The third-order valence-electron chi connectivity index (χ3n) is 3.83. The summed E-state index contributed by atoms with van der Waals surface area (Å²) in [6.07, 6.45) is 5.11. The Hall–Kier alpha value is -1.37. The van der Waals surface area contributed by atoms with Crippen LogP contribution in [-0.4, -0.2) is 22.8 Å². The van der Waals surface area contributed by atoms with Crippen molar-refractivity contribution in [3.8, 4) is 6.07 Å². The Kier molecular flexibility index (Phi) is 2.71. The van der Waals surface area contributed by atoms with E-state index in [-0.39, 0.29) is 17.2 Å². The molecule has 2 rings (SSSR count). The van der Waals surface area contributed by atoms with E-state index in [1.54, 1.807) is 6.92 Å². The second kappa shape index (κ2) is 3.89. The molecule has 2 aliphatic rings. The third kappa shape index (κ3) is 1.71. The van der Waals surface area contributed by atoms with Crippen molar-refractivity contribution in [3.05, 3.63) is 0 Å². The van der Waals surface area contributed by atoms with Gasteiger partial charge in [0.1, 0.15) is 6.04 Å². The van der Waals surface area contributed by atoms with E-state index in [2.05, 4.69) is 0 Å². The summed E-state index contributed by atoms with van der Waals surface area (Å²) in [7, 11) is 0. The van der Waals surface area contributed by atoms with E-state index in [9.17, 15) is 9.59 Å². The summed E-state index contributed by atoms with van der Waals surface area (Å²) < 4.78 is 0. The number of carbonyl (C=O) groups excluding carboxylic acids is 2. The van der Waals surface area contributed by atoms with Crippen LogP contribution in [0.15, 0.2) is 0 Å². The Morgan fingerprint density at radius 2 is 1.75 bits per heavy atom. The summed E-state index contributed by atoms with van der Waals surface area (Å²) in [5, 5.41) is 8.78. The quantitative estimate of drug-likeness (QED) is 0.631. The van der Waals surface area contributed by atoms with Crippen LogP contribution in [0.2, 0.25) is 0 Å². The predicted octanol–water partition coefficient (Wildman–Crippen LogP) is 1.61. The lowest BCUT2D eigenvalue weighted by molar-refractivity contribution is -0.154. The number of imide groups is 1. The third-order valence-corrected chi connectivity index (χ3v) is 3.83. The van der Waals surface area contributed by atoms with E-state index in [0.717, 1.165) is 30.6 Å². The van der Waals surface area contributed by atoms with Gasteiger partial charge >= 0.3 is 0 Å². The molecule has 0 aromatic heterocycles. The fourth-order valence-corrected chi connectivity index (χ4v) is 2.98. The molecule has 1 atom stereocenters. The molecule has 2 amide bonds. The van der Waals surface area contributed by atoms with Crippen LogP contribution in [0.5, 0.6) is 0 Å². The Balaban J connectivity index is 2.17. The molecule has 1 saturated carbocycles. The minimum Gasteiger partial charge on any atom is -0.274 e. The zero-order chi connectivity index (χ0) is 11.8. The molecule has 4 nitrogen and oxygen atoms in total. The highest BCUT2D eigenvalue weighted by molar-refractivity contribution is 5.99. The van der Waals surface area contributed by atoms with Gasteiger partial charge in [-0.3, -0.25) is 14.5 Å². The van der Waals surface area contributed by atoms with Crippen LogP contribution in [0, 0.1) is 16.7 Å². The Morgan fingerprint density at radius 3 is 2.19 bits per heavy atom. The van der Waals surface area contributed by atoms with Crippen molar-refractivity contribution in [1.82, 2.24) is 4.90 Å². The van der Waals surface area contributed by atoms with Gasteiger partial charge in [0.05, 0.1) is 6.07 Å². The molecule has 1 unspecified atom stereocenters. The zero-order valence-corrected chi connectivity index (χ0v) is 9.53. The molecule has 1 heterocycles.